The van der Waals surface area contributed by atoms with Crippen LogP contribution < -0.4 is 5.32 Å². The highest BCUT2D eigenvalue weighted by Crippen LogP contribution is 2.29. The fourth-order valence-corrected chi connectivity index (χ4v) is 2.35. The molecule has 0 radical (unpaired) electrons. The van der Waals surface area contributed by atoms with E-state index in [4.69, 9.17) is 0 Å². The van der Waals surface area contributed by atoms with Crippen molar-refractivity contribution in [1.82, 2.24) is 9.88 Å². The maximum Gasteiger partial charge on any atom is 0.255 e. The summed E-state index contributed by atoms with van der Waals surface area (Å²) in [5, 5.41) is 3.21. The average molecular weight is 261 g/mol. The average Bonchev–Trinajstić information content (AvgIpc) is 2.76. The smallest absolute Gasteiger partial charge is 0.255 e. The van der Waals surface area contributed by atoms with Crippen molar-refractivity contribution in [2.24, 2.45) is 5.41 Å². The molecule has 4 nitrogen and oxygen atoms in total. The quantitative estimate of drug-likeness (QED) is 0.906. The number of nitrogens with zero attached hydrogens (tertiary/aromatic N) is 2. The summed E-state index contributed by atoms with van der Waals surface area (Å²) in [5.41, 5.74) is 0.922. The highest BCUT2D eigenvalue weighted by molar-refractivity contribution is 5.94. The monoisotopic (exact) mass is 261 g/mol. The lowest BCUT2D eigenvalue weighted by molar-refractivity contribution is 0.0778. The number of pyridine rings is 1. The van der Waals surface area contributed by atoms with Gasteiger partial charge in [-0.05, 0) is 30.4 Å². The predicted octanol–water partition coefficient (Wildman–Crippen LogP) is 2.78. The Bertz CT molecular complexity index is 439. The van der Waals surface area contributed by atoms with Crippen molar-refractivity contribution in [1.29, 1.82) is 0 Å². The van der Waals surface area contributed by atoms with Gasteiger partial charge in [-0.2, -0.15) is 0 Å². The number of amides is 1. The number of nitrogens with one attached hydrogen (secondary N) is 1. The normalized spacial score (nSPS) is 17.5. The minimum Gasteiger partial charge on any atom is -0.370 e. The second-order valence-corrected chi connectivity index (χ2v) is 6.00. The van der Waals surface area contributed by atoms with Crippen LogP contribution in [0, 0.1) is 5.41 Å². The molecule has 19 heavy (non-hydrogen) atoms. The van der Waals surface area contributed by atoms with Gasteiger partial charge in [-0.15, -0.1) is 0 Å². The van der Waals surface area contributed by atoms with Gasteiger partial charge in [0.1, 0.15) is 5.82 Å². The van der Waals surface area contributed by atoms with Crippen LogP contribution in [0.15, 0.2) is 18.3 Å². The van der Waals surface area contributed by atoms with E-state index in [1.807, 2.05) is 17.0 Å². The third-order valence-corrected chi connectivity index (χ3v) is 3.53. The Morgan fingerprint density at radius 1 is 1.47 bits per heavy atom. The van der Waals surface area contributed by atoms with Gasteiger partial charge in [-0.25, -0.2) is 4.98 Å². The van der Waals surface area contributed by atoms with Crippen LogP contribution in [-0.2, 0) is 0 Å². The van der Waals surface area contributed by atoms with E-state index >= 15 is 0 Å². The molecule has 1 saturated heterocycles. The minimum absolute atomic E-state index is 0.0973. The number of anilines is 1. The molecule has 1 N–H and O–H groups in total. The predicted molar refractivity (Wildman–Crippen MR) is 77.3 cm³/mol. The molecule has 1 fully saturated rings. The van der Waals surface area contributed by atoms with E-state index in [0.29, 0.717) is 5.56 Å². The summed E-state index contributed by atoms with van der Waals surface area (Å²) >= 11 is 0. The molecule has 4 heteroatoms. The van der Waals surface area contributed by atoms with Gasteiger partial charge < -0.3 is 10.2 Å². The summed E-state index contributed by atoms with van der Waals surface area (Å²) in [6.07, 6.45) is 3.80. The van der Waals surface area contributed by atoms with Gasteiger partial charge in [-0.1, -0.05) is 20.8 Å². The van der Waals surface area contributed by atoms with E-state index in [9.17, 15) is 4.79 Å². The first-order valence-electron chi connectivity index (χ1n) is 7.01. The molecular weight excluding hydrogens is 238 g/mol. The van der Waals surface area contributed by atoms with E-state index in [1.165, 1.54) is 0 Å². The summed E-state index contributed by atoms with van der Waals surface area (Å²) in [7, 11) is 0. The van der Waals surface area contributed by atoms with Crippen molar-refractivity contribution >= 4 is 11.7 Å². The molecule has 0 atom stereocenters. The lowest BCUT2D eigenvalue weighted by Gasteiger charge is -2.19. The van der Waals surface area contributed by atoms with Crippen molar-refractivity contribution in [2.45, 2.75) is 33.6 Å². The lowest BCUT2D eigenvalue weighted by atomic mass is 9.93. The molecule has 2 rings (SSSR count). The fourth-order valence-electron chi connectivity index (χ4n) is 2.35. The molecule has 2 heterocycles. The van der Waals surface area contributed by atoms with E-state index in [1.54, 1.807) is 6.20 Å². The summed E-state index contributed by atoms with van der Waals surface area (Å²) in [6.45, 7) is 9.11. The number of hydrogen-bond acceptors (Lipinski definition) is 3. The van der Waals surface area contributed by atoms with Crippen LogP contribution in [0.5, 0.6) is 0 Å². The Labute approximate surface area is 115 Å². The fraction of sp³-hybridized carbons (Fsp3) is 0.600. The third-order valence-electron chi connectivity index (χ3n) is 3.53. The van der Waals surface area contributed by atoms with Crippen molar-refractivity contribution in [3.05, 3.63) is 23.9 Å². The number of aromatic nitrogens is 1. The second kappa shape index (κ2) is 5.59. The standard InChI is InChI=1S/C15H23N3O/c1-4-8-16-13-6-5-12(10-17-13)14(19)18-9-7-15(2,3)11-18/h5-6,10H,4,7-9,11H2,1-3H3,(H,16,17). The highest BCUT2D eigenvalue weighted by atomic mass is 16.2. The molecule has 0 unspecified atom stereocenters. The molecule has 104 valence electrons. The van der Waals surface area contributed by atoms with Gasteiger partial charge in [-0.3, -0.25) is 4.79 Å². The Kier molecular flexibility index (Phi) is 4.08. The lowest BCUT2D eigenvalue weighted by Crippen LogP contribution is -2.30. The molecule has 1 amide bonds. The number of rotatable bonds is 4. The second-order valence-electron chi connectivity index (χ2n) is 6.00. The Hall–Kier alpha value is -1.58. The zero-order valence-electron chi connectivity index (χ0n) is 12.1. The molecular formula is C15H23N3O. The van der Waals surface area contributed by atoms with Gasteiger partial charge >= 0.3 is 0 Å². The molecule has 1 aromatic rings. The summed E-state index contributed by atoms with van der Waals surface area (Å²) in [4.78, 5) is 18.5. The van der Waals surface area contributed by atoms with Gasteiger partial charge in [0.25, 0.3) is 5.91 Å². The van der Waals surface area contributed by atoms with Gasteiger partial charge in [0, 0.05) is 25.8 Å². The molecule has 0 spiro atoms. The zero-order chi connectivity index (χ0) is 13.9. The first-order chi connectivity index (χ1) is 9.02. The van der Waals surface area contributed by atoms with E-state index < -0.39 is 0 Å². The van der Waals surface area contributed by atoms with Crippen LogP contribution >= 0.6 is 0 Å². The van der Waals surface area contributed by atoms with Crippen LogP contribution in [0.25, 0.3) is 0 Å². The topological polar surface area (TPSA) is 45.2 Å². The number of carbonyl (C=O) groups excluding carboxylic acids is 1. The summed E-state index contributed by atoms with van der Waals surface area (Å²) < 4.78 is 0. The SMILES string of the molecule is CCCNc1ccc(C(=O)N2CCC(C)(C)C2)cn1. The summed E-state index contributed by atoms with van der Waals surface area (Å²) in [5.74, 6) is 0.931. The first-order valence-corrected chi connectivity index (χ1v) is 7.01. The molecule has 1 aliphatic rings. The van der Waals surface area contributed by atoms with E-state index in [0.717, 1.165) is 38.3 Å². The zero-order valence-corrected chi connectivity index (χ0v) is 12.1. The van der Waals surface area contributed by atoms with Crippen molar-refractivity contribution in [3.63, 3.8) is 0 Å². The highest BCUT2D eigenvalue weighted by Gasteiger charge is 2.32. The van der Waals surface area contributed by atoms with Crippen LogP contribution in [0.2, 0.25) is 0 Å². The largest absolute Gasteiger partial charge is 0.370 e. The number of likely N-dealkylation sites (tertiary alicyclic amines) is 1. The summed E-state index contributed by atoms with van der Waals surface area (Å²) in [6, 6.07) is 3.74. The number of carbonyl (C=O) groups is 1. The first kappa shape index (κ1) is 13.8. The molecule has 1 aromatic heterocycles. The van der Waals surface area contributed by atoms with Gasteiger partial charge in [0.15, 0.2) is 0 Å². The molecule has 0 bridgehead atoms. The minimum atomic E-state index is 0.0973. The maximum absolute atomic E-state index is 12.3. The molecule has 0 aromatic carbocycles. The molecule has 0 aliphatic carbocycles. The van der Waals surface area contributed by atoms with Gasteiger partial charge in [0.2, 0.25) is 0 Å². The maximum atomic E-state index is 12.3. The van der Waals surface area contributed by atoms with Gasteiger partial charge in [0.05, 0.1) is 5.56 Å². The molecule has 0 saturated carbocycles. The van der Waals surface area contributed by atoms with Crippen LogP contribution in [0.4, 0.5) is 5.82 Å². The Balaban J connectivity index is 2.00. The van der Waals surface area contributed by atoms with Crippen LogP contribution in [-0.4, -0.2) is 35.4 Å². The van der Waals surface area contributed by atoms with E-state index in [-0.39, 0.29) is 11.3 Å². The van der Waals surface area contributed by atoms with E-state index in [2.05, 4.69) is 31.1 Å². The Morgan fingerprint density at radius 3 is 2.79 bits per heavy atom. The van der Waals surface area contributed by atoms with Crippen molar-refractivity contribution in [3.8, 4) is 0 Å². The van der Waals surface area contributed by atoms with Crippen molar-refractivity contribution in [2.75, 3.05) is 25.0 Å². The van der Waals surface area contributed by atoms with Crippen LogP contribution in [0.3, 0.4) is 0 Å². The number of hydrogen-bond donors (Lipinski definition) is 1. The van der Waals surface area contributed by atoms with Crippen LogP contribution in [0.1, 0.15) is 44.0 Å². The Morgan fingerprint density at radius 2 is 2.26 bits per heavy atom. The molecule has 1 aliphatic heterocycles. The third kappa shape index (κ3) is 3.46. The van der Waals surface area contributed by atoms with Crippen molar-refractivity contribution < 1.29 is 4.79 Å².